The van der Waals surface area contributed by atoms with Crippen molar-refractivity contribution in [3.05, 3.63) is 64.1 Å². The Morgan fingerprint density at radius 1 is 1.31 bits per heavy atom. The summed E-state index contributed by atoms with van der Waals surface area (Å²) in [6.07, 6.45) is 0.474. The number of nitrogens with zero attached hydrogens (tertiary/aromatic N) is 2. The molecule has 3 rings (SSSR count). The minimum absolute atomic E-state index is 0.166. The van der Waals surface area contributed by atoms with Gasteiger partial charge >= 0.3 is 0 Å². The topological polar surface area (TPSA) is 79.9 Å². The number of hydrogen-bond acceptors (Lipinski definition) is 4. The third kappa shape index (κ3) is 4.08. The standard InChI is InChI=1S/C18H16BrFN4O2/c1-26-15-7-6-11(10-14(15)20)17-22-16(23-24-17)8-9-21-18(25)12-4-2-3-5-13(12)19/h2-7,10H,8-9H2,1H3,(H,21,25)(H,22,23,24). The molecule has 0 atom stereocenters. The van der Waals surface area contributed by atoms with Crippen LogP contribution in [-0.2, 0) is 6.42 Å². The van der Waals surface area contributed by atoms with Crippen molar-refractivity contribution in [2.75, 3.05) is 13.7 Å². The van der Waals surface area contributed by atoms with E-state index in [1.165, 1.54) is 19.2 Å². The van der Waals surface area contributed by atoms with Gasteiger partial charge in [0.15, 0.2) is 17.4 Å². The number of aromatic amines is 1. The van der Waals surface area contributed by atoms with Gasteiger partial charge < -0.3 is 10.1 Å². The highest BCUT2D eigenvalue weighted by molar-refractivity contribution is 9.10. The number of H-pyrrole nitrogens is 1. The molecule has 0 spiro atoms. The summed E-state index contributed by atoms with van der Waals surface area (Å²) in [7, 11) is 1.41. The van der Waals surface area contributed by atoms with Gasteiger partial charge in [0.25, 0.3) is 5.91 Å². The zero-order chi connectivity index (χ0) is 18.5. The first kappa shape index (κ1) is 18.1. The van der Waals surface area contributed by atoms with E-state index >= 15 is 0 Å². The van der Waals surface area contributed by atoms with E-state index in [2.05, 4.69) is 36.4 Å². The number of rotatable bonds is 6. The molecule has 1 heterocycles. The van der Waals surface area contributed by atoms with Crippen LogP contribution >= 0.6 is 15.9 Å². The molecule has 2 N–H and O–H groups in total. The van der Waals surface area contributed by atoms with Crippen molar-refractivity contribution in [2.45, 2.75) is 6.42 Å². The van der Waals surface area contributed by atoms with E-state index in [-0.39, 0.29) is 11.7 Å². The smallest absolute Gasteiger partial charge is 0.252 e. The molecule has 1 aromatic heterocycles. The van der Waals surface area contributed by atoms with Crippen LogP contribution in [0, 0.1) is 5.82 Å². The van der Waals surface area contributed by atoms with Gasteiger partial charge in [-0.2, -0.15) is 5.10 Å². The largest absolute Gasteiger partial charge is 0.494 e. The number of benzene rings is 2. The van der Waals surface area contributed by atoms with Gasteiger partial charge in [-0.25, -0.2) is 9.37 Å². The first-order valence-corrected chi connectivity index (χ1v) is 8.65. The maximum absolute atomic E-state index is 13.8. The first-order chi connectivity index (χ1) is 12.6. The van der Waals surface area contributed by atoms with Gasteiger partial charge in [-0.15, -0.1) is 0 Å². The van der Waals surface area contributed by atoms with Crippen molar-refractivity contribution in [3.8, 4) is 17.1 Å². The second-order valence-corrected chi connectivity index (χ2v) is 6.30. The van der Waals surface area contributed by atoms with Crippen molar-refractivity contribution < 1.29 is 13.9 Å². The number of amides is 1. The fourth-order valence-corrected chi connectivity index (χ4v) is 2.84. The summed E-state index contributed by atoms with van der Waals surface area (Å²) in [6, 6.07) is 11.7. The second-order valence-electron chi connectivity index (χ2n) is 5.44. The maximum atomic E-state index is 13.8. The van der Waals surface area contributed by atoms with Crippen LogP contribution < -0.4 is 10.1 Å². The summed E-state index contributed by atoms with van der Waals surface area (Å²) in [5, 5.41) is 9.72. The van der Waals surface area contributed by atoms with E-state index in [0.717, 1.165) is 4.47 Å². The van der Waals surface area contributed by atoms with E-state index in [1.54, 1.807) is 18.2 Å². The average molecular weight is 419 g/mol. The van der Waals surface area contributed by atoms with Crippen LogP contribution in [0.5, 0.6) is 5.75 Å². The van der Waals surface area contributed by atoms with Gasteiger partial charge in [-0.05, 0) is 46.3 Å². The lowest BCUT2D eigenvalue weighted by Gasteiger charge is -2.05. The normalized spacial score (nSPS) is 10.6. The number of nitrogens with one attached hydrogen (secondary N) is 2. The molecule has 0 aliphatic heterocycles. The lowest BCUT2D eigenvalue weighted by Crippen LogP contribution is -2.26. The molecule has 1 amide bonds. The fraction of sp³-hybridized carbons (Fsp3) is 0.167. The Kier molecular flexibility index (Phi) is 5.62. The lowest BCUT2D eigenvalue weighted by atomic mass is 10.2. The van der Waals surface area contributed by atoms with E-state index in [0.29, 0.717) is 35.7 Å². The third-order valence-electron chi connectivity index (χ3n) is 3.71. The molecule has 0 saturated heterocycles. The molecule has 3 aromatic rings. The minimum Gasteiger partial charge on any atom is -0.494 e. The summed E-state index contributed by atoms with van der Waals surface area (Å²) in [5.74, 6) is 0.508. The van der Waals surface area contributed by atoms with Crippen LogP contribution in [0.15, 0.2) is 46.9 Å². The van der Waals surface area contributed by atoms with Crippen molar-refractivity contribution >= 4 is 21.8 Å². The zero-order valence-electron chi connectivity index (χ0n) is 13.9. The monoisotopic (exact) mass is 418 g/mol. The number of methoxy groups -OCH3 is 1. The molecule has 0 bridgehead atoms. The zero-order valence-corrected chi connectivity index (χ0v) is 15.5. The average Bonchev–Trinajstić information content (AvgIpc) is 3.11. The van der Waals surface area contributed by atoms with E-state index < -0.39 is 5.82 Å². The molecule has 2 aromatic carbocycles. The van der Waals surface area contributed by atoms with Gasteiger partial charge in [0.2, 0.25) is 0 Å². The molecule has 0 fully saturated rings. The van der Waals surface area contributed by atoms with E-state index in [9.17, 15) is 9.18 Å². The number of ether oxygens (including phenoxy) is 1. The molecular formula is C18H16BrFN4O2. The predicted octanol–water partition coefficient (Wildman–Crippen LogP) is 3.35. The Morgan fingerprint density at radius 2 is 2.12 bits per heavy atom. The second kappa shape index (κ2) is 8.09. The Bertz CT molecular complexity index is 929. The van der Waals surface area contributed by atoms with Crippen molar-refractivity contribution in [1.82, 2.24) is 20.5 Å². The number of carbonyl (C=O) groups is 1. The number of halogens is 2. The Balaban J connectivity index is 1.60. The van der Waals surface area contributed by atoms with Gasteiger partial charge in [0, 0.05) is 23.0 Å². The van der Waals surface area contributed by atoms with Gasteiger partial charge in [-0.3, -0.25) is 9.89 Å². The maximum Gasteiger partial charge on any atom is 0.252 e. The fourth-order valence-electron chi connectivity index (χ4n) is 2.38. The van der Waals surface area contributed by atoms with Crippen molar-refractivity contribution in [2.24, 2.45) is 0 Å². The van der Waals surface area contributed by atoms with Gasteiger partial charge in [0.05, 0.1) is 12.7 Å². The molecule has 6 nitrogen and oxygen atoms in total. The number of aromatic nitrogens is 3. The van der Waals surface area contributed by atoms with Crippen LogP contribution in [0.3, 0.4) is 0 Å². The molecule has 0 saturated carbocycles. The molecule has 8 heteroatoms. The molecule has 134 valence electrons. The molecule has 0 radical (unpaired) electrons. The van der Waals surface area contributed by atoms with Crippen molar-refractivity contribution in [3.63, 3.8) is 0 Å². The highest BCUT2D eigenvalue weighted by atomic mass is 79.9. The third-order valence-corrected chi connectivity index (χ3v) is 4.40. The van der Waals surface area contributed by atoms with Gasteiger partial charge in [0.1, 0.15) is 5.82 Å². The molecular weight excluding hydrogens is 403 g/mol. The van der Waals surface area contributed by atoms with E-state index in [4.69, 9.17) is 4.74 Å². The predicted molar refractivity (Wildman–Crippen MR) is 98.5 cm³/mol. The molecule has 26 heavy (non-hydrogen) atoms. The summed E-state index contributed by atoms with van der Waals surface area (Å²) in [5.41, 5.74) is 1.11. The summed E-state index contributed by atoms with van der Waals surface area (Å²) in [4.78, 5) is 16.5. The van der Waals surface area contributed by atoms with Crippen LogP contribution in [-0.4, -0.2) is 34.7 Å². The Hall–Kier alpha value is -2.74. The molecule has 0 unspecified atom stereocenters. The molecule has 0 aliphatic carbocycles. The highest BCUT2D eigenvalue weighted by Gasteiger charge is 2.11. The summed E-state index contributed by atoms with van der Waals surface area (Å²) >= 11 is 3.35. The quantitative estimate of drug-likeness (QED) is 0.642. The number of carbonyl (C=O) groups excluding carboxylic acids is 1. The van der Waals surface area contributed by atoms with Crippen LogP contribution in [0.4, 0.5) is 4.39 Å². The summed E-state index contributed by atoms with van der Waals surface area (Å²) in [6.45, 7) is 0.395. The first-order valence-electron chi connectivity index (χ1n) is 7.86. The highest BCUT2D eigenvalue weighted by Crippen LogP contribution is 2.23. The minimum atomic E-state index is -0.475. The number of hydrogen-bond donors (Lipinski definition) is 2. The SMILES string of the molecule is COc1ccc(-c2n[nH]c(CCNC(=O)c3ccccc3Br)n2)cc1F. The summed E-state index contributed by atoms with van der Waals surface area (Å²) < 4.78 is 19.4. The van der Waals surface area contributed by atoms with Crippen LogP contribution in [0.2, 0.25) is 0 Å². The van der Waals surface area contributed by atoms with Crippen molar-refractivity contribution in [1.29, 1.82) is 0 Å². The lowest BCUT2D eigenvalue weighted by molar-refractivity contribution is 0.0953. The van der Waals surface area contributed by atoms with Gasteiger partial charge in [-0.1, -0.05) is 12.1 Å². The van der Waals surface area contributed by atoms with Crippen LogP contribution in [0.25, 0.3) is 11.4 Å². The molecule has 0 aliphatic rings. The Morgan fingerprint density at radius 3 is 2.85 bits per heavy atom. The van der Waals surface area contributed by atoms with E-state index in [1.807, 2.05) is 12.1 Å². The Labute approximate surface area is 157 Å². The van der Waals surface area contributed by atoms with Crippen LogP contribution in [0.1, 0.15) is 16.2 Å².